The van der Waals surface area contributed by atoms with E-state index in [9.17, 15) is 9.59 Å². The second-order valence-electron chi connectivity index (χ2n) is 8.96. The number of benzene rings is 3. The van der Waals surface area contributed by atoms with Gasteiger partial charge in [0.2, 0.25) is 5.91 Å². The van der Waals surface area contributed by atoms with Crippen molar-refractivity contribution >= 4 is 11.8 Å². The molecule has 1 saturated heterocycles. The van der Waals surface area contributed by atoms with E-state index in [0.29, 0.717) is 5.56 Å². The molecule has 0 aromatic heterocycles. The van der Waals surface area contributed by atoms with Crippen LogP contribution in [0.5, 0.6) is 0 Å². The lowest BCUT2D eigenvalue weighted by Gasteiger charge is -2.21. The average molecular weight is 425 g/mol. The summed E-state index contributed by atoms with van der Waals surface area (Å²) in [5.74, 6) is 0.220. The molecule has 2 N–H and O–H groups in total. The average Bonchev–Trinajstić information content (AvgIpc) is 3.23. The van der Waals surface area contributed by atoms with E-state index in [1.807, 2.05) is 24.3 Å². The van der Waals surface area contributed by atoms with E-state index in [4.69, 9.17) is 0 Å². The number of nitrogens with one attached hydrogen (secondary N) is 2. The molecule has 0 spiro atoms. The zero-order valence-corrected chi connectivity index (χ0v) is 18.1. The Morgan fingerprint density at radius 3 is 2.38 bits per heavy atom. The van der Waals surface area contributed by atoms with Gasteiger partial charge in [0.15, 0.2) is 0 Å². The van der Waals surface area contributed by atoms with E-state index in [1.54, 1.807) is 0 Å². The second kappa shape index (κ2) is 8.99. The maximum atomic E-state index is 12.9. The summed E-state index contributed by atoms with van der Waals surface area (Å²) in [7, 11) is 0. The summed E-state index contributed by atoms with van der Waals surface area (Å²) in [6.07, 6.45) is 4.57. The van der Waals surface area contributed by atoms with Gasteiger partial charge in [-0.25, -0.2) is 0 Å². The molecule has 3 aromatic rings. The van der Waals surface area contributed by atoms with Gasteiger partial charge in [-0.1, -0.05) is 60.7 Å². The van der Waals surface area contributed by atoms with Gasteiger partial charge < -0.3 is 10.6 Å². The molecule has 162 valence electrons. The number of rotatable bonds is 5. The van der Waals surface area contributed by atoms with Crippen LogP contribution in [0, 0.1) is 5.92 Å². The summed E-state index contributed by atoms with van der Waals surface area (Å²) in [5.41, 5.74) is 6.61. The lowest BCUT2D eigenvalue weighted by Crippen LogP contribution is -2.37. The Hall–Kier alpha value is -3.40. The topological polar surface area (TPSA) is 58.2 Å². The molecule has 0 saturated carbocycles. The highest BCUT2D eigenvalue weighted by atomic mass is 16.2. The minimum absolute atomic E-state index is 0.0235. The van der Waals surface area contributed by atoms with Crippen LogP contribution in [0.15, 0.2) is 72.8 Å². The third kappa shape index (κ3) is 4.45. The first-order valence-corrected chi connectivity index (χ1v) is 11.5. The molecule has 1 aliphatic carbocycles. The predicted octanol–water partition coefficient (Wildman–Crippen LogP) is 4.32. The highest BCUT2D eigenvalue weighted by molar-refractivity contribution is 5.95. The van der Waals surface area contributed by atoms with Crippen LogP contribution < -0.4 is 10.6 Å². The standard InChI is InChI=1S/C28H28N2O2/c31-27-24(9-4-14-29-27)15-19-10-12-20(13-11-19)21-7-3-8-25(16-21)28(32)30-26-17-22-5-1-2-6-23(22)18-26/h1-3,5-8,10-13,16,24,26H,4,9,14-15,17-18H2,(H,29,31)(H,30,32)/t24-/m1/s1. The SMILES string of the molecule is O=C(NC1Cc2ccccc2C1)c1cccc(-c2ccc(C[C@H]3CCCNC3=O)cc2)c1. The molecule has 4 heteroatoms. The first-order valence-electron chi connectivity index (χ1n) is 11.5. The van der Waals surface area contributed by atoms with Gasteiger partial charge in [-0.3, -0.25) is 9.59 Å². The smallest absolute Gasteiger partial charge is 0.251 e. The summed E-state index contributed by atoms with van der Waals surface area (Å²) < 4.78 is 0. The molecule has 0 unspecified atom stereocenters. The maximum absolute atomic E-state index is 12.9. The zero-order chi connectivity index (χ0) is 21.9. The quantitative estimate of drug-likeness (QED) is 0.641. The number of piperidine rings is 1. The Balaban J connectivity index is 1.24. The summed E-state index contributed by atoms with van der Waals surface area (Å²) in [6, 6.07) is 24.7. The highest BCUT2D eigenvalue weighted by Crippen LogP contribution is 2.25. The minimum atomic E-state index is -0.0235. The van der Waals surface area contributed by atoms with Crippen molar-refractivity contribution in [2.24, 2.45) is 5.92 Å². The van der Waals surface area contributed by atoms with E-state index in [1.165, 1.54) is 16.7 Å². The summed E-state index contributed by atoms with van der Waals surface area (Å²) in [4.78, 5) is 24.9. The highest BCUT2D eigenvalue weighted by Gasteiger charge is 2.23. The molecule has 32 heavy (non-hydrogen) atoms. The fourth-order valence-electron chi connectivity index (χ4n) is 4.92. The van der Waals surface area contributed by atoms with Gasteiger partial charge in [-0.2, -0.15) is 0 Å². The summed E-state index contributed by atoms with van der Waals surface area (Å²) >= 11 is 0. The number of carbonyl (C=O) groups is 2. The Labute approximate surface area is 189 Å². The van der Waals surface area contributed by atoms with Gasteiger partial charge in [0.25, 0.3) is 5.91 Å². The fourth-order valence-corrected chi connectivity index (χ4v) is 4.92. The molecule has 2 aliphatic rings. The van der Waals surface area contributed by atoms with Gasteiger partial charge >= 0.3 is 0 Å². The molecule has 1 fully saturated rings. The van der Waals surface area contributed by atoms with Gasteiger partial charge in [0, 0.05) is 24.1 Å². The first-order chi connectivity index (χ1) is 15.7. The van der Waals surface area contributed by atoms with Crippen molar-refractivity contribution in [3.05, 3.63) is 95.1 Å². The van der Waals surface area contributed by atoms with Crippen molar-refractivity contribution in [2.45, 2.75) is 38.1 Å². The second-order valence-corrected chi connectivity index (χ2v) is 8.96. The van der Waals surface area contributed by atoms with Crippen molar-refractivity contribution < 1.29 is 9.59 Å². The third-order valence-corrected chi connectivity index (χ3v) is 6.68. The zero-order valence-electron chi connectivity index (χ0n) is 18.1. The largest absolute Gasteiger partial charge is 0.356 e. The Bertz CT molecular complexity index is 1110. The Morgan fingerprint density at radius 2 is 1.66 bits per heavy atom. The van der Waals surface area contributed by atoms with Crippen LogP contribution in [0.3, 0.4) is 0 Å². The number of amides is 2. The molecular formula is C28H28N2O2. The van der Waals surface area contributed by atoms with Crippen LogP contribution in [-0.2, 0) is 24.1 Å². The maximum Gasteiger partial charge on any atom is 0.251 e. The molecule has 0 bridgehead atoms. The van der Waals surface area contributed by atoms with Crippen LogP contribution in [0.25, 0.3) is 11.1 Å². The van der Waals surface area contributed by atoms with Crippen molar-refractivity contribution in [2.75, 3.05) is 6.54 Å². The number of carbonyl (C=O) groups excluding carboxylic acids is 2. The predicted molar refractivity (Wildman–Crippen MR) is 126 cm³/mol. The van der Waals surface area contributed by atoms with Crippen molar-refractivity contribution in [3.8, 4) is 11.1 Å². The van der Waals surface area contributed by atoms with E-state index in [2.05, 4.69) is 59.2 Å². The molecule has 4 nitrogen and oxygen atoms in total. The van der Waals surface area contributed by atoms with Gasteiger partial charge in [-0.15, -0.1) is 0 Å². The van der Waals surface area contributed by atoms with E-state index < -0.39 is 0 Å². The number of hydrogen-bond acceptors (Lipinski definition) is 2. The normalized spacial score (nSPS) is 18.1. The van der Waals surface area contributed by atoms with Gasteiger partial charge in [0.05, 0.1) is 0 Å². The molecule has 2 amide bonds. The van der Waals surface area contributed by atoms with Crippen LogP contribution in [0.2, 0.25) is 0 Å². The number of hydrogen-bond donors (Lipinski definition) is 2. The van der Waals surface area contributed by atoms with Crippen LogP contribution >= 0.6 is 0 Å². The van der Waals surface area contributed by atoms with Crippen LogP contribution in [-0.4, -0.2) is 24.4 Å². The van der Waals surface area contributed by atoms with Gasteiger partial charge in [0.1, 0.15) is 0 Å². The fraction of sp³-hybridized carbons (Fsp3) is 0.286. The van der Waals surface area contributed by atoms with Gasteiger partial charge in [-0.05, 0) is 72.1 Å². The van der Waals surface area contributed by atoms with E-state index in [0.717, 1.165) is 49.8 Å². The first kappa shape index (κ1) is 20.5. The lowest BCUT2D eigenvalue weighted by molar-refractivity contribution is -0.126. The molecule has 5 rings (SSSR count). The monoisotopic (exact) mass is 424 g/mol. The Morgan fingerprint density at radius 1 is 0.906 bits per heavy atom. The summed E-state index contributed by atoms with van der Waals surface area (Å²) in [5, 5.41) is 6.16. The molecular weight excluding hydrogens is 396 g/mol. The molecule has 0 radical (unpaired) electrons. The molecule has 1 atom stereocenters. The van der Waals surface area contributed by atoms with Crippen molar-refractivity contribution in [1.29, 1.82) is 0 Å². The van der Waals surface area contributed by atoms with E-state index >= 15 is 0 Å². The Kier molecular flexibility index (Phi) is 5.76. The number of fused-ring (bicyclic) bond motifs is 1. The van der Waals surface area contributed by atoms with Crippen LogP contribution in [0.4, 0.5) is 0 Å². The van der Waals surface area contributed by atoms with Crippen molar-refractivity contribution in [1.82, 2.24) is 10.6 Å². The molecule has 1 heterocycles. The minimum Gasteiger partial charge on any atom is -0.356 e. The third-order valence-electron chi connectivity index (χ3n) is 6.68. The van der Waals surface area contributed by atoms with Crippen LogP contribution in [0.1, 0.15) is 39.9 Å². The van der Waals surface area contributed by atoms with Crippen molar-refractivity contribution in [3.63, 3.8) is 0 Å². The lowest BCUT2D eigenvalue weighted by atomic mass is 9.91. The molecule has 3 aromatic carbocycles. The van der Waals surface area contributed by atoms with E-state index in [-0.39, 0.29) is 23.8 Å². The molecule has 1 aliphatic heterocycles. The summed E-state index contributed by atoms with van der Waals surface area (Å²) in [6.45, 7) is 0.797.